The molecular weight excluding hydrogens is 339 g/mol. The van der Waals surface area contributed by atoms with Crippen molar-refractivity contribution in [2.24, 2.45) is 23.7 Å². The van der Waals surface area contributed by atoms with E-state index in [2.05, 4.69) is 5.43 Å². The summed E-state index contributed by atoms with van der Waals surface area (Å²) in [6, 6.07) is 4.45. The van der Waals surface area contributed by atoms with Crippen molar-refractivity contribution in [3.8, 4) is 0 Å². The van der Waals surface area contributed by atoms with E-state index in [1.165, 1.54) is 18.2 Å². The van der Waals surface area contributed by atoms with E-state index in [0.717, 1.165) is 24.3 Å². The highest BCUT2D eigenvalue weighted by Crippen LogP contribution is 2.55. The van der Waals surface area contributed by atoms with Gasteiger partial charge in [-0.3, -0.25) is 19.8 Å². The summed E-state index contributed by atoms with van der Waals surface area (Å²) < 4.78 is 0. The highest BCUT2D eigenvalue weighted by Gasteiger charge is 2.61. The number of imide groups is 1. The van der Waals surface area contributed by atoms with Gasteiger partial charge in [-0.05, 0) is 49.3 Å². The Bertz CT molecular complexity index is 708. The van der Waals surface area contributed by atoms with Crippen molar-refractivity contribution in [3.05, 3.63) is 33.8 Å². The van der Waals surface area contributed by atoms with Crippen molar-refractivity contribution < 1.29 is 14.4 Å². The molecule has 0 radical (unpaired) electrons. The number of fused-ring (bicyclic) bond motifs is 5. The molecule has 3 amide bonds. The van der Waals surface area contributed by atoms with Crippen molar-refractivity contribution in [2.75, 3.05) is 0 Å². The quantitative estimate of drug-likeness (QED) is 0.832. The minimum atomic E-state index is -0.583. The predicted molar refractivity (Wildman–Crippen MR) is 83.6 cm³/mol. The maximum Gasteiger partial charge on any atom is 0.271 e. The van der Waals surface area contributed by atoms with Crippen LogP contribution in [0.25, 0.3) is 0 Å². The molecule has 0 aromatic heterocycles. The van der Waals surface area contributed by atoms with Crippen LogP contribution in [0.4, 0.5) is 0 Å². The van der Waals surface area contributed by atoms with E-state index < -0.39 is 5.91 Å². The van der Waals surface area contributed by atoms with Crippen molar-refractivity contribution in [2.45, 2.75) is 19.3 Å². The number of carbonyl (C=O) groups excluding carboxylic acids is 3. The molecule has 1 aliphatic heterocycles. The van der Waals surface area contributed by atoms with E-state index in [0.29, 0.717) is 5.02 Å². The maximum atomic E-state index is 12.5. The molecule has 0 spiro atoms. The van der Waals surface area contributed by atoms with Crippen LogP contribution in [-0.4, -0.2) is 22.7 Å². The summed E-state index contributed by atoms with van der Waals surface area (Å²) in [5.41, 5.74) is 2.60. The molecule has 1 aromatic carbocycles. The molecule has 4 unspecified atom stereocenters. The second-order valence-electron chi connectivity index (χ2n) is 6.46. The van der Waals surface area contributed by atoms with Crippen molar-refractivity contribution in [1.29, 1.82) is 0 Å². The maximum absolute atomic E-state index is 12.5. The largest absolute Gasteiger partial charge is 0.272 e. The molecule has 4 rings (SSSR count). The van der Waals surface area contributed by atoms with Gasteiger partial charge in [-0.15, -0.1) is 0 Å². The van der Waals surface area contributed by atoms with Gasteiger partial charge in [-0.25, -0.2) is 0 Å². The highest BCUT2D eigenvalue weighted by atomic mass is 35.5. The number of hydrazine groups is 1. The molecule has 5 nitrogen and oxygen atoms in total. The summed E-state index contributed by atoms with van der Waals surface area (Å²) in [5.74, 6) is -1.12. The molecule has 1 saturated heterocycles. The van der Waals surface area contributed by atoms with Gasteiger partial charge in [0, 0.05) is 5.02 Å². The Kier molecular flexibility index (Phi) is 3.39. The lowest BCUT2D eigenvalue weighted by Crippen LogP contribution is -2.47. The molecule has 1 aromatic rings. The summed E-state index contributed by atoms with van der Waals surface area (Å²) in [7, 11) is 0. The fourth-order valence-electron chi connectivity index (χ4n) is 4.35. The van der Waals surface area contributed by atoms with Crippen LogP contribution < -0.4 is 5.43 Å². The molecule has 120 valence electrons. The number of hydrogen-bond donors (Lipinski definition) is 1. The highest BCUT2D eigenvalue weighted by molar-refractivity contribution is 6.36. The second kappa shape index (κ2) is 5.21. The van der Waals surface area contributed by atoms with Gasteiger partial charge in [0.15, 0.2) is 0 Å². The summed E-state index contributed by atoms with van der Waals surface area (Å²) >= 11 is 11.8. The van der Waals surface area contributed by atoms with E-state index in [4.69, 9.17) is 23.2 Å². The first-order valence-electron chi connectivity index (χ1n) is 7.61. The average molecular weight is 353 g/mol. The molecule has 23 heavy (non-hydrogen) atoms. The Morgan fingerprint density at radius 1 is 1.09 bits per heavy atom. The van der Waals surface area contributed by atoms with Gasteiger partial charge >= 0.3 is 0 Å². The van der Waals surface area contributed by atoms with Crippen LogP contribution in [0.1, 0.15) is 29.6 Å². The third kappa shape index (κ3) is 2.17. The first kappa shape index (κ1) is 15.0. The number of benzene rings is 1. The number of nitrogens with one attached hydrogen (secondary N) is 1. The van der Waals surface area contributed by atoms with Crippen LogP contribution in [0.3, 0.4) is 0 Å². The van der Waals surface area contributed by atoms with Crippen LogP contribution in [0, 0.1) is 23.7 Å². The Labute approximate surface area is 142 Å². The SMILES string of the molecule is O=C(NN1C(=O)C2C3CCC(C3)C2C1=O)c1ccc(Cl)cc1Cl. The van der Waals surface area contributed by atoms with Gasteiger partial charge in [0.1, 0.15) is 0 Å². The van der Waals surface area contributed by atoms with Crippen LogP contribution in [0.15, 0.2) is 18.2 Å². The van der Waals surface area contributed by atoms with Gasteiger partial charge in [0.2, 0.25) is 0 Å². The van der Waals surface area contributed by atoms with Crippen LogP contribution in [-0.2, 0) is 9.59 Å². The zero-order chi connectivity index (χ0) is 16.3. The number of carbonyl (C=O) groups is 3. The lowest BCUT2D eigenvalue weighted by atomic mass is 9.81. The molecule has 2 saturated carbocycles. The smallest absolute Gasteiger partial charge is 0.271 e. The van der Waals surface area contributed by atoms with Gasteiger partial charge in [0.25, 0.3) is 17.7 Å². The Morgan fingerprint density at radius 3 is 2.26 bits per heavy atom. The number of halogens is 2. The predicted octanol–water partition coefficient (Wildman–Crippen LogP) is 2.67. The van der Waals surface area contributed by atoms with Crippen LogP contribution in [0.5, 0.6) is 0 Å². The number of nitrogens with zero attached hydrogens (tertiary/aromatic N) is 1. The van der Waals surface area contributed by atoms with Crippen LogP contribution in [0.2, 0.25) is 10.0 Å². The lowest BCUT2D eigenvalue weighted by Gasteiger charge is -2.19. The van der Waals surface area contributed by atoms with Gasteiger partial charge in [0.05, 0.1) is 22.4 Å². The van der Waals surface area contributed by atoms with Crippen molar-refractivity contribution in [3.63, 3.8) is 0 Å². The van der Waals surface area contributed by atoms with Crippen molar-refractivity contribution >= 4 is 40.9 Å². The topological polar surface area (TPSA) is 66.5 Å². The Balaban J connectivity index is 1.56. The van der Waals surface area contributed by atoms with E-state index in [1.807, 2.05) is 0 Å². The Morgan fingerprint density at radius 2 is 1.70 bits per heavy atom. The van der Waals surface area contributed by atoms with E-state index in [1.54, 1.807) is 0 Å². The summed E-state index contributed by atoms with van der Waals surface area (Å²) in [6.45, 7) is 0. The molecule has 3 fully saturated rings. The van der Waals surface area contributed by atoms with E-state index in [-0.39, 0.29) is 46.1 Å². The standard InChI is InChI=1S/C16H14Cl2N2O3/c17-9-3-4-10(11(18)6-9)14(21)19-20-15(22)12-7-1-2-8(5-7)13(12)16(20)23/h3-4,6-8,12-13H,1-2,5H2,(H,19,21). The fraction of sp³-hybridized carbons (Fsp3) is 0.438. The summed E-state index contributed by atoms with van der Waals surface area (Å²) in [4.78, 5) is 37.4. The van der Waals surface area contributed by atoms with Crippen molar-refractivity contribution in [1.82, 2.24) is 10.4 Å². The molecule has 1 N–H and O–H groups in total. The van der Waals surface area contributed by atoms with Crippen LogP contribution >= 0.6 is 23.2 Å². The van der Waals surface area contributed by atoms with Gasteiger partial charge in [-0.1, -0.05) is 23.2 Å². The third-order valence-electron chi connectivity index (χ3n) is 5.32. The second-order valence-corrected chi connectivity index (χ2v) is 7.31. The fourth-order valence-corrected chi connectivity index (χ4v) is 4.85. The molecule has 7 heteroatoms. The number of amides is 3. The minimum Gasteiger partial charge on any atom is -0.272 e. The zero-order valence-corrected chi connectivity index (χ0v) is 13.6. The van der Waals surface area contributed by atoms with Gasteiger partial charge in [-0.2, -0.15) is 5.01 Å². The first-order valence-corrected chi connectivity index (χ1v) is 8.37. The number of rotatable bonds is 2. The lowest BCUT2D eigenvalue weighted by molar-refractivity contribution is -0.143. The summed E-state index contributed by atoms with van der Waals surface area (Å²) in [6.07, 6.45) is 2.95. The molecule has 4 atom stereocenters. The average Bonchev–Trinajstić information content (AvgIpc) is 3.17. The molecule has 3 aliphatic rings. The van der Waals surface area contributed by atoms with E-state index in [9.17, 15) is 14.4 Å². The van der Waals surface area contributed by atoms with Gasteiger partial charge < -0.3 is 0 Å². The third-order valence-corrected chi connectivity index (χ3v) is 5.86. The molecule has 1 heterocycles. The summed E-state index contributed by atoms with van der Waals surface area (Å²) in [5, 5.41) is 1.48. The normalized spacial score (nSPS) is 31.7. The molecular formula is C16H14Cl2N2O3. The monoisotopic (exact) mass is 352 g/mol. The Hall–Kier alpha value is -1.59. The van der Waals surface area contributed by atoms with E-state index >= 15 is 0 Å². The number of hydrogen-bond acceptors (Lipinski definition) is 3. The first-order chi connectivity index (χ1) is 11.0. The zero-order valence-electron chi connectivity index (χ0n) is 12.1. The molecule has 2 bridgehead atoms. The minimum absolute atomic E-state index is 0.175. The molecule has 2 aliphatic carbocycles.